The maximum absolute atomic E-state index is 11.2. The van der Waals surface area contributed by atoms with Crippen LogP contribution in [0.4, 0.5) is 9.59 Å². The zero-order chi connectivity index (χ0) is 13.8. The zero-order valence-corrected chi connectivity index (χ0v) is 10.4. The molecule has 1 aliphatic rings. The molecule has 1 atom stereocenters. The molecule has 6 nitrogen and oxygen atoms in total. The van der Waals surface area contributed by atoms with E-state index >= 15 is 0 Å². The lowest BCUT2D eigenvalue weighted by Gasteiger charge is -2.38. The van der Waals surface area contributed by atoms with E-state index < -0.39 is 12.2 Å². The third-order valence-corrected chi connectivity index (χ3v) is 3.31. The van der Waals surface area contributed by atoms with Crippen LogP contribution in [0.15, 0.2) is 30.3 Å². The first-order valence-electron chi connectivity index (χ1n) is 6.09. The van der Waals surface area contributed by atoms with Gasteiger partial charge in [-0.15, -0.1) is 0 Å². The lowest BCUT2D eigenvalue weighted by atomic mass is 10.0. The van der Waals surface area contributed by atoms with Crippen LogP contribution in [0.3, 0.4) is 0 Å². The highest BCUT2D eigenvalue weighted by Gasteiger charge is 2.32. The first-order valence-corrected chi connectivity index (χ1v) is 6.09. The van der Waals surface area contributed by atoms with Crippen molar-refractivity contribution in [1.82, 2.24) is 9.80 Å². The van der Waals surface area contributed by atoms with Crippen molar-refractivity contribution in [2.45, 2.75) is 12.5 Å². The molecule has 0 aliphatic carbocycles. The predicted octanol–water partition coefficient (Wildman–Crippen LogP) is 1.57. The monoisotopic (exact) mass is 264 g/mol. The minimum absolute atomic E-state index is 0.219. The third kappa shape index (κ3) is 3.15. The third-order valence-electron chi connectivity index (χ3n) is 3.31. The van der Waals surface area contributed by atoms with Crippen LogP contribution in [0, 0.1) is 0 Å². The number of carboxylic acid groups (broad SMARTS) is 2. The maximum atomic E-state index is 11.2. The van der Waals surface area contributed by atoms with Gasteiger partial charge in [-0.05, 0) is 12.0 Å². The van der Waals surface area contributed by atoms with E-state index in [1.54, 1.807) is 0 Å². The highest BCUT2D eigenvalue weighted by atomic mass is 16.4. The molecule has 6 heteroatoms. The molecule has 0 saturated carbocycles. The molecule has 1 fully saturated rings. The number of carbonyl (C=O) groups is 2. The van der Waals surface area contributed by atoms with E-state index in [0.29, 0.717) is 6.42 Å². The van der Waals surface area contributed by atoms with E-state index in [2.05, 4.69) is 0 Å². The molecular formula is C13H16N2O4. The van der Waals surface area contributed by atoms with E-state index in [4.69, 9.17) is 5.11 Å². The smallest absolute Gasteiger partial charge is 0.407 e. The predicted molar refractivity (Wildman–Crippen MR) is 68.3 cm³/mol. The van der Waals surface area contributed by atoms with Gasteiger partial charge in [-0.25, -0.2) is 9.59 Å². The van der Waals surface area contributed by atoms with Crippen molar-refractivity contribution in [3.63, 3.8) is 0 Å². The summed E-state index contributed by atoms with van der Waals surface area (Å²) < 4.78 is 0. The number of piperazine rings is 1. The van der Waals surface area contributed by atoms with Crippen LogP contribution >= 0.6 is 0 Å². The fourth-order valence-corrected chi connectivity index (χ4v) is 2.34. The van der Waals surface area contributed by atoms with E-state index in [1.165, 1.54) is 9.80 Å². The Hall–Kier alpha value is -2.24. The molecule has 1 aromatic rings. The molecule has 102 valence electrons. The Kier molecular flexibility index (Phi) is 3.89. The Morgan fingerprint density at radius 3 is 2.37 bits per heavy atom. The zero-order valence-electron chi connectivity index (χ0n) is 10.4. The largest absolute Gasteiger partial charge is 0.465 e. The van der Waals surface area contributed by atoms with Gasteiger partial charge in [0.15, 0.2) is 0 Å². The number of benzene rings is 1. The normalized spacial score (nSPS) is 19.3. The molecule has 1 heterocycles. The lowest BCUT2D eigenvalue weighted by molar-refractivity contribution is 0.0639. The number of nitrogens with zero attached hydrogens (tertiary/aromatic N) is 2. The van der Waals surface area contributed by atoms with Crippen LogP contribution in [-0.4, -0.2) is 57.9 Å². The van der Waals surface area contributed by atoms with Crippen molar-refractivity contribution in [3.05, 3.63) is 35.9 Å². The van der Waals surface area contributed by atoms with Gasteiger partial charge >= 0.3 is 12.2 Å². The average molecular weight is 264 g/mol. The quantitative estimate of drug-likeness (QED) is 0.849. The topological polar surface area (TPSA) is 81.1 Å². The number of hydrogen-bond donors (Lipinski definition) is 2. The van der Waals surface area contributed by atoms with Gasteiger partial charge in [-0.3, -0.25) is 0 Å². The molecule has 0 aromatic heterocycles. The summed E-state index contributed by atoms with van der Waals surface area (Å²) in [6.07, 6.45) is -1.47. The molecular weight excluding hydrogens is 248 g/mol. The van der Waals surface area contributed by atoms with E-state index in [1.807, 2.05) is 30.3 Å². The van der Waals surface area contributed by atoms with Gasteiger partial charge in [0.25, 0.3) is 0 Å². The molecule has 2 amide bonds. The molecule has 2 N–H and O–H groups in total. The van der Waals surface area contributed by atoms with Crippen LogP contribution in [0.1, 0.15) is 5.56 Å². The first kappa shape index (κ1) is 13.2. The summed E-state index contributed by atoms with van der Waals surface area (Å²) in [7, 11) is 0. The van der Waals surface area contributed by atoms with Crippen molar-refractivity contribution >= 4 is 12.2 Å². The van der Waals surface area contributed by atoms with Crippen molar-refractivity contribution in [2.24, 2.45) is 0 Å². The van der Waals surface area contributed by atoms with Crippen molar-refractivity contribution < 1.29 is 19.8 Å². The van der Waals surface area contributed by atoms with Crippen molar-refractivity contribution in [3.8, 4) is 0 Å². The highest BCUT2D eigenvalue weighted by molar-refractivity contribution is 5.68. The number of hydrogen-bond acceptors (Lipinski definition) is 2. The second-order valence-corrected chi connectivity index (χ2v) is 4.55. The van der Waals surface area contributed by atoms with E-state index in [0.717, 1.165) is 5.56 Å². The second kappa shape index (κ2) is 5.60. The SMILES string of the molecule is O=C(O)N1CCN(C(=O)O)C(Cc2ccccc2)C1. The molecule has 19 heavy (non-hydrogen) atoms. The summed E-state index contributed by atoms with van der Waals surface area (Å²) in [4.78, 5) is 24.8. The summed E-state index contributed by atoms with van der Waals surface area (Å²) in [5, 5.41) is 18.2. The Labute approximate surface area is 110 Å². The standard InChI is InChI=1S/C13H16N2O4/c16-12(17)14-6-7-15(13(18)19)11(9-14)8-10-4-2-1-3-5-10/h1-5,11H,6-9H2,(H,16,17)(H,18,19). The molecule has 2 rings (SSSR count). The summed E-state index contributed by atoms with van der Waals surface area (Å²) in [5.74, 6) is 0. The summed E-state index contributed by atoms with van der Waals surface area (Å²) >= 11 is 0. The van der Waals surface area contributed by atoms with Crippen LogP contribution in [0.5, 0.6) is 0 Å². The molecule has 0 spiro atoms. The van der Waals surface area contributed by atoms with Crippen LogP contribution < -0.4 is 0 Å². The summed E-state index contributed by atoms with van der Waals surface area (Å²) in [6.45, 7) is 0.669. The summed E-state index contributed by atoms with van der Waals surface area (Å²) in [5.41, 5.74) is 1.01. The van der Waals surface area contributed by atoms with Gasteiger partial charge in [0.2, 0.25) is 0 Å². The van der Waals surface area contributed by atoms with Gasteiger partial charge in [0, 0.05) is 19.6 Å². The number of rotatable bonds is 2. The summed E-state index contributed by atoms with van der Waals surface area (Å²) in [6, 6.07) is 9.17. The first-order chi connectivity index (χ1) is 9.08. The molecule has 1 unspecified atom stereocenters. The Morgan fingerprint density at radius 1 is 1.11 bits per heavy atom. The lowest BCUT2D eigenvalue weighted by Crippen LogP contribution is -2.56. The minimum atomic E-state index is -0.997. The van der Waals surface area contributed by atoms with E-state index in [9.17, 15) is 14.7 Å². The maximum Gasteiger partial charge on any atom is 0.407 e. The van der Waals surface area contributed by atoms with E-state index in [-0.39, 0.29) is 25.7 Å². The van der Waals surface area contributed by atoms with Crippen LogP contribution in [0.25, 0.3) is 0 Å². The molecule has 1 aliphatic heterocycles. The Morgan fingerprint density at radius 2 is 1.79 bits per heavy atom. The van der Waals surface area contributed by atoms with Gasteiger partial charge in [-0.2, -0.15) is 0 Å². The second-order valence-electron chi connectivity index (χ2n) is 4.55. The Balaban J connectivity index is 2.11. The molecule has 0 bridgehead atoms. The average Bonchev–Trinajstić information content (AvgIpc) is 2.39. The van der Waals surface area contributed by atoms with Crippen LogP contribution in [0.2, 0.25) is 0 Å². The van der Waals surface area contributed by atoms with Gasteiger partial charge in [-0.1, -0.05) is 30.3 Å². The van der Waals surface area contributed by atoms with Crippen molar-refractivity contribution in [2.75, 3.05) is 19.6 Å². The minimum Gasteiger partial charge on any atom is -0.465 e. The van der Waals surface area contributed by atoms with Gasteiger partial charge in [0.05, 0.1) is 6.04 Å². The van der Waals surface area contributed by atoms with Gasteiger partial charge in [0.1, 0.15) is 0 Å². The number of amides is 2. The highest BCUT2D eigenvalue weighted by Crippen LogP contribution is 2.15. The van der Waals surface area contributed by atoms with Crippen molar-refractivity contribution in [1.29, 1.82) is 0 Å². The fourth-order valence-electron chi connectivity index (χ4n) is 2.34. The molecule has 1 aromatic carbocycles. The van der Waals surface area contributed by atoms with Gasteiger partial charge < -0.3 is 20.0 Å². The van der Waals surface area contributed by atoms with Crippen LogP contribution in [-0.2, 0) is 6.42 Å². The molecule has 0 radical (unpaired) electrons. The fraction of sp³-hybridized carbons (Fsp3) is 0.385. The molecule has 1 saturated heterocycles. The Bertz CT molecular complexity index is 463.